The first-order valence-electron chi connectivity index (χ1n) is 6.91. The van der Waals surface area contributed by atoms with Gasteiger partial charge in [0.25, 0.3) is 0 Å². The molecule has 1 saturated carbocycles. The molecule has 0 N–H and O–H groups in total. The molecule has 0 saturated heterocycles. The van der Waals surface area contributed by atoms with E-state index in [4.69, 9.17) is 11.6 Å². The summed E-state index contributed by atoms with van der Waals surface area (Å²) in [6.07, 6.45) is 3.64. The zero-order valence-electron chi connectivity index (χ0n) is 11.8. The minimum absolute atomic E-state index is 0.116. The zero-order chi connectivity index (χ0) is 15.6. The SMILES string of the molecule is Cc1cc(Br)c(S(=O)(=O)N(CCCCl)C2CCC2)cc1Br. The highest BCUT2D eigenvalue weighted by Gasteiger charge is 2.35. The first-order chi connectivity index (χ1) is 9.87. The predicted octanol–water partition coefficient (Wildman–Crippen LogP) is 4.69. The number of hydrogen-bond donors (Lipinski definition) is 0. The van der Waals surface area contributed by atoms with Gasteiger partial charge in [-0.25, -0.2) is 8.42 Å². The second-order valence-electron chi connectivity index (χ2n) is 5.27. The second kappa shape index (κ2) is 7.30. The number of benzene rings is 1. The van der Waals surface area contributed by atoms with Crippen LogP contribution in [0.3, 0.4) is 0 Å². The summed E-state index contributed by atoms with van der Waals surface area (Å²) < 4.78 is 29.0. The van der Waals surface area contributed by atoms with Crippen LogP contribution in [0.15, 0.2) is 26.0 Å². The number of nitrogens with zero attached hydrogens (tertiary/aromatic N) is 1. The third-order valence-corrected chi connectivity index (χ3v) is 7.83. The molecule has 1 aliphatic rings. The molecule has 118 valence electrons. The van der Waals surface area contributed by atoms with E-state index in [0.29, 0.717) is 28.2 Å². The van der Waals surface area contributed by atoms with Gasteiger partial charge in [0.05, 0.1) is 4.90 Å². The molecule has 0 aromatic heterocycles. The van der Waals surface area contributed by atoms with Crippen LogP contribution in [0.25, 0.3) is 0 Å². The minimum Gasteiger partial charge on any atom is -0.207 e. The number of aryl methyl sites for hydroxylation is 1. The average molecular weight is 460 g/mol. The number of halogens is 3. The molecular weight excluding hydrogens is 441 g/mol. The van der Waals surface area contributed by atoms with Crippen molar-refractivity contribution >= 4 is 53.5 Å². The third-order valence-electron chi connectivity index (χ3n) is 3.79. The fourth-order valence-electron chi connectivity index (χ4n) is 2.34. The van der Waals surface area contributed by atoms with E-state index in [1.807, 2.05) is 13.0 Å². The van der Waals surface area contributed by atoms with E-state index in [9.17, 15) is 8.42 Å². The summed E-state index contributed by atoms with van der Waals surface area (Å²) in [6, 6.07) is 3.63. The largest absolute Gasteiger partial charge is 0.244 e. The van der Waals surface area contributed by atoms with Crippen LogP contribution in [0.5, 0.6) is 0 Å². The molecule has 0 heterocycles. The smallest absolute Gasteiger partial charge is 0.207 e. The van der Waals surface area contributed by atoms with E-state index in [-0.39, 0.29) is 6.04 Å². The predicted molar refractivity (Wildman–Crippen MR) is 93.4 cm³/mol. The molecule has 0 amide bonds. The highest BCUT2D eigenvalue weighted by atomic mass is 79.9. The van der Waals surface area contributed by atoms with Crippen LogP contribution in [-0.4, -0.2) is 31.2 Å². The third kappa shape index (κ3) is 3.83. The topological polar surface area (TPSA) is 37.4 Å². The first-order valence-corrected chi connectivity index (χ1v) is 10.5. The lowest BCUT2D eigenvalue weighted by molar-refractivity contribution is 0.220. The van der Waals surface area contributed by atoms with Gasteiger partial charge in [-0.05, 0) is 59.8 Å². The van der Waals surface area contributed by atoms with Crippen LogP contribution in [0, 0.1) is 6.92 Å². The molecule has 0 unspecified atom stereocenters. The number of hydrogen-bond acceptors (Lipinski definition) is 2. The van der Waals surface area contributed by atoms with Crippen molar-refractivity contribution in [3.63, 3.8) is 0 Å². The van der Waals surface area contributed by atoms with Crippen molar-refractivity contribution in [1.82, 2.24) is 4.31 Å². The van der Waals surface area contributed by atoms with Crippen LogP contribution >= 0.6 is 43.5 Å². The summed E-state index contributed by atoms with van der Waals surface area (Å²) >= 11 is 12.6. The lowest BCUT2D eigenvalue weighted by atomic mass is 9.93. The van der Waals surface area contributed by atoms with Gasteiger partial charge in [-0.15, -0.1) is 11.6 Å². The number of rotatable bonds is 6. The van der Waals surface area contributed by atoms with Gasteiger partial charge in [0.15, 0.2) is 0 Å². The first kappa shape index (κ1) is 17.7. The lowest BCUT2D eigenvalue weighted by Crippen LogP contribution is -2.44. The Bertz CT molecular complexity index is 618. The molecule has 0 aliphatic heterocycles. The summed E-state index contributed by atoms with van der Waals surface area (Å²) in [5.41, 5.74) is 0.997. The van der Waals surface area contributed by atoms with Gasteiger partial charge in [-0.1, -0.05) is 22.4 Å². The summed E-state index contributed by atoms with van der Waals surface area (Å²) in [4.78, 5) is 0.321. The Hall–Kier alpha value is 0.380. The maximum Gasteiger partial charge on any atom is 0.244 e. The van der Waals surface area contributed by atoms with Gasteiger partial charge < -0.3 is 0 Å². The zero-order valence-corrected chi connectivity index (χ0v) is 16.5. The summed E-state index contributed by atoms with van der Waals surface area (Å²) in [5.74, 6) is 0.470. The average Bonchev–Trinajstić information content (AvgIpc) is 2.36. The fourth-order valence-corrected chi connectivity index (χ4v) is 5.82. The number of sulfonamides is 1. The maximum absolute atomic E-state index is 13.0. The Morgan fingerprint density at radius 3 is 2.48 bits per heavy atom. The highest BCUT2D eigenvalue weighted by Crippen LogP contribution is 2.35. The van der Waals surface area contributed by atoms with Crippen molar-refractivity contribution in [3.05, 3.63) is 26.6 Å². The van der Waals surface area contributed by atoms with Crippen molar-refractivity contribution in [2.45, 2.75) is 43.5 Å². The van der Waals surface area contributed by atoms with Crippen molar-refractivity contribution in [2.75, 3.05) is 12.4 Å². The molecule has 3 nitrogen and oxygen atoms in total. The molecule has 0 atom stereocenters. The van der Waals surface area contributed by atoms with Gasteiger partial charge in [0.1, 0.15) is 0 Å². The van der Waals surface area contributed by atoms with Gasteiger partial charge >= 0.3 is 0 Å². The van der Waals surface area contributed by atoms with Crippen LogP contribution in [0.2, 0.25) is 0 Å². The van der Waals surface area contributed by atoms with E-state index in [1.54, 1.807) is 10.4 Å². The van der Waals surface area contributed by atoms with Crippen molar-refractivity contribution in [3.8, 4) is 0 Å². The number of alkyl halides is 1. The van der Waals surface area contributed by atoms with Crippen molar-refractivity contribution in [2.24, 2.45) is 0 Å². The maximum atomic E-state index is 13.0. The molecule has 0 bridgehead atoms. The molecule has 1 aromatic rings. The molecule has 21 heavy (non-hydrogen) atoms. The van der Waals surface area contributed by atoms with Gasteiger partial charge in [-0.3, -0.25) is 0 Å². The van der Waals surface area contributed by atoms with Gasteiger partial charge in [-0.2, -0.15) is 4.31 Å². The van der Waals surface area contributed by atoms with E-state index >= 15 is 0 Å². The monoisotopic (exact) mass is 457 g/mol. The molecule has 2 rings (SSSR count). The van der Waals surface area contributed by atoms with Gasteiger partial charge in [0, 0.05) is 27.4 Å². The van der Waals surface area contributed by atoms with Crippen LogP contribution in [0.4, 0.5) is 0 Å². The molecule has 1 aliphatic carbocycles. The van der Waals surface area contributed by atoms with E-state index in [1.165, 1.54) is 0 Å². The molecule has 0 radical (unpaired) electrons. The Labute approximate surface area is 148 Å². The normalized spacial score (nSPS) is 16.2. The van der Waals surface area contributed by atoms with Crippen LogP contribution < -0.4 is 0 Å². The minimum atomic E-state index is -3.51. The molecule has 0 spiro atoms. The summed E-state index contributed by atoms with van der Waals surface area (Å²) in [7, 11) is -3.51. The Balaban J connectivity index is 2.40. The van der Waals surface area contributed by atoms with Crippen LogP contribution in [0.1, 0.15) is 31.2 Å². The Kier molecular flexibility index (Phi) is 6.16. The van der Waals surface area contributed by atoms with E-state index in [0.717, 1.165) is 29.3 Å². The van der Waals surface area contributed by atoms with E-state index < -0.39 is 10.0 Å². The van der Waals surface area contributed by atoms with Crippen molar-refractivity contribution in [1.29, 1.82) is 0 Å². The summed E-state index contributed by atoms with van der Waals surface area (Å²) in [6.45, 7) is 2.41. The Morgan fingerprint density at radius 2 is 1.95 bits per heavy atom. The van der Waals surface area contributed by atoms with Crippen LogP contribution in [-0.2, 0) is 10.0 Å². The van der Waals surface area contributed by atoms with E-state index in [2.05, 4.69) is 31.9 Å². The lowest BCUT2D eigenvalue weighted by Gasteiger charge is -2.36. The standard InChI is InChI=1S/C14H18Br2ClNO2S/c1-10-8-13(16)14(9-12(10)15)21(19,20)18(7-3-6-17)11-4-2-5-11/h8-9,11H,2-7H2,1H3. The van der Waals surface area contributed by atoms with Gasteiger partial charge in [0.2, 0.25) is 10.0 Å². The molecule has 7 heteroatoms. The molecule has 1 aromatic carbocycles. The highest BCUT2D eigenvalue weighted by molar-refractivity contribution is 9.11. The van der Waals surface area contributed by atoms with Crippen molar-refractivity contribution < 1.29 is 8.42 Å². The second-order valence-corrected chi connectivity index (χ2v) is 9.22. The summed E-state index contributed by atoms with van der Waals surface area (Å²) in [5, 5.41) is 0. The molecule has 1 fully saturated rings. The fraction of sp³-hybridized carbons (Fsp3) is 0.571. The quantitative estimate of drug-likeness (QED) is 0.579. The Morgan fingerprint density at radius 1 is 1.29 bits per heavy atom. The molecular formula is C14H18Br2ClNO2S.